The molecular formula is C14H18N4O. The average molecular weight is 258 g/mol. The lowest BCUT2D eigenvalue weighted by molar-refractivity contribution is 0.379. The Labute approximate surface area is 113 Å². The highest BCUT2D eigenvalue weighted by molar-refractivity contribution is 5.58. The van der Waals surface area contributed by atoms with Crippen LogP contribution in [-0.2, 0) is 0 Å². The molecule has 1 aromatic carbocycles. The predicted molar refractivity (Wildman–Crippen MR) is 75.5 cm³/mol. The molecule has 0 saturated heterocycles. The van der Waals surface area contributed by atoms with E-state index in [-0.39, 0.29) is 0 Å². The second-order valence-corrected chi connectivity index (χ2v) is 4.30. The number of nitrogens with one attached hydrogen (secondary N) is 1. The van der Waals surface area contributed by atoms with Crippen molar-refractivity contribution in [2.45, 2.75) is 20.8 Å². The van der Waals surface area contributed by atoms with Gasteiger partial charge in [-0.3, -0.25) is 0 Å². The van der Waals surface area contributed by atoms with Crippen molar-refractivity contribution in [1.29, 1.82) is 0 Å². The SMILES string of the molecule is CCNc1nc(OC)nc(-c2ccc(C)c(C)c2)n1. The molecule has 5 heteroatoms. The zero-order chi connectivity index (χ0) is 13.8. The highest BCUT2D eigenvalue weighted by Crippen LogP contribution is 2.21. The Morgan fingerprint density at radius 3 is 2.53 bits per heavy atom. The van der Waals surface area contributed by atoms with Crippen LogP contribution in [0.25, 0.3) is 11.4 Å². The molecule has 0 aliphatic rings. The number of aromatic nitrogens is 3. The molecule has 0 radical (unpaired) electrons. The minimum atomic E-state index is 0.319. The van der Waals surface area contributed by atoms with Crippen molar-refractivity contribution in [1.82, 2.24) is 15.0 Å². The zero-order valence-electron chi connectivity index (χ0n) is 11.7. The standard InChI is InChI=1S/C14H18N4O/c1-5-15-13-16-12(17-14(18-13)19-4)11-7-6-9(2)10(3)8-11/h6-8H,5H2,1-4H3,(H,15,16,17,18). The Morgan fingerprint density at radius 2 is 1.89 bits per heavy atom. The van der Waals surface area contributed by atoms with E-state index in [0.717, 1.165) is 12.1 Å². The highest BCUT2D eigenvalue weighted by Gasteiger charge is 2.09. The fourth-order valence-corrected chi connectivity index (χ4v) is 1.69. The van der Waals surface area contributed by atoms with Crippen LogP contribution in [0.1, 0.15) is 18.1 Å². The Hall–Kier alpha value is -2.17. The first kappa shape index (κ1) is 13.3. The van der Waals surface area contributed by atoms with Gasteiger partial charge in [-0.05, 0) is 38.0 Å². The number of ether oxygens (including phenoxy) is 1. The predicted octanol–water partition coefficient (Wildman–Crippen LogP) is 2.60. The molecule has 19 heavy (non-hydrogen) atoms. The van der Waals surface area contributed by atoms with E-state index in [1.165, 1.54) is 11.1 Å². The fourth-order valence-electron chi connectivity index (χ4n) is 1.69. The van der Waals surface area contributed by atoms with Gasteiger partial charge in [0.2, 0.25) is 5.95 Å². The van der Waals surface area contributed by atoms with Crippen molar-refractivity contribution in [3.05, 3.63) is 29.3 Å². The molecule has 0 aliphatic heterocycles. The summed E-state index contributed by atoms with van der Waals surface area (Å²) in [6.07, 6.45) is 0. The minimum absolute atomic E-state index is 0.319. The first-order valence-electron chi connectivity index (χ1n) is 6.25. The largest absolute Gasteiger partial charge is 0.467 e. The number of methoxy groups -OCH3 is 1. The van der Waals surface area contributed by atoms with Crippen molar-refractivity contribution in [3.8, 4) is 17.4 Å². The van der Waals surface area contributed by atoms with Crippen molar-refractivity contribution < 1.29 is 4.74 Å². The van der Waals surface area contributed by atoms with E-state index in [1.807, 2.05) is 13.0 Å². The third kappa shape index (κ3) is 2.99. The molecule has 0 spiro atoms. The van der Waals surface area contributed by atoms with Gasteiger partial charge < -0.3 is 10.1 Å². The van der Waals surface area contributed by atoms with E-state index >= 15 is 0 Å². The summed E-state index contributed by atoms with van der Waals surface area (Å²) in [4.78, 5) is 12.8. The van der Waals surface area contributed by atoms with Gasteiger partial charge in [0.25, 0.3) is 0 Å². The summed E-state index contributed by atoms with van der Waals surface area (Å²) in [6, 6.07) is 6.46. The molecule has 0 amide bonds. The molecule has 2 rings (SSSR count). The Morgan fingerprint density at radius 1 is 1.11 bits per heavy atom. The van der Waals surface area contributed by atoms with Gasteiger partial charge in [-0.25, -0.2) is 0 Å². The lowest BCUT2D eigenvalue weighted by Crippen LogP contribution is -2.06. The molecule has 0 saturated carbocycles. The topological polar surface area (TPSA) is 59.9 Å². The van der Waals surface area contributed by atoms with Gasteiger partial charge in [-0.15, -0.1) is 0 Å². The van der Waals surface area contributed by atoms with E-state index in [4.69, 9.17) is 4.74 Å². The Bertz CT molecular complexity index is 584. The summed E-state index contributed by atoms with van der Waals surface area (Å²) in [6.45, 7) is 6.89. The molecule has 5 nitrogen and oxygen atoms in total. The van der Waals surface area contributed by atoms with E-state index in [9.17, 15) is 0 Å². The average Bonchev–Trinajstić information content (AvgIpc) is 2.42. The van der Waals surface area contributed by atoms with Gasteiger partial charge >= 0.3 is 6.01 Å². The minimum Gasteiger partial charge on any atom is -0.467 e. The molecule has 100 valence electrons. The third-order valence-corrected chi connectivity index (χ3v) is 2.90. The van der Waals surface area contributed by atoms with Gasteiger partial charge in [-0.2, -0.15) is 15.0 Å². The molecule has 1 N–H and O–H groups in total. The van der Waals surface area contributed by atoms with Crippen LogP contribution in [0.15, 0.2) is 18.2 Å². The second-order valence-electron chi connectivity index (χ2n) is 4.30. The summed E-state index contributed by atoms with van der Waals surface area (Å²) in [5, 5.41) is 3.08. The maximum absolute atomic E-state index is 5.12. The van der Waals surface area contributed by atoms with Gasteiger partial charge in [0.1, 0.15) is 0 Å². The molecule has 0 atom stereocenters. The van der Waals surface area contributed by atoms with Crippen LogP contribution >= 0.6 is 0 Å². The number of anilines is 1. The number of hydrogen-bond acceptors (Lipinski definition) is 5. The van der Waals surface area contributed by atoms with E-state index in [0.29, 0.717) is 17.8 Å². The first-order chi connectivity index (χ1) is 9.13. The highest BCUT2D eigenvalue weighted by atomic mass is 16.5. The number of rotatable bonds is 4. The quantitative estimate of drug-likeness (QED) is 0.913. The number of hydrogen-bond donors (Lipinski definition) is 1. The van der Waals surface area contributed by atoms with Crippen LogP contribution in [0.5, 0.6) is 6.01 Å². The maximum atomic E-state index is 5.12. The number of benzene rings is 1. The van der Waals surface area contributed by atoms with Gasteiger partial charge in [0.15, 0.2) is 5.82 Å². The lowest BCUT2D eigenvalue weighted by atomic mass is 10.1. The molecule has 2 aromatic rings. The normalized spacial score (nSPS) is 10.3. The summed E-state index contributed by atoms with van der Waals surface area (Å²) in [5.74, 6) is 1.15. The Kier molecular flexibility index (Phi) is 3.94. The van der Waals surface area contributed by atoms with Gasteiger partial charge in [0.05, 0.1) is 7.11 Å². The molecular weight excluding hydrogens is 240 g/mol. The summed E-state index contributed by atoms with van der Waals surface area (Å²) in [5.41, 5.74) is 3.42. The lowest BCUT2D eigenvalue weighted by Gasteiger charge is -2.08. The van der Waals surface area contributed by atoms with Crippen molar-refractivity contribution >= 4 is 5.95 Å². The monoisotopic (exact) mass is 258 g/mol. The molecule has 0 aliphatic carbocycles. The molecule has 0 bridgehead atoms. The van der Waals surface area contributed by atoms with Crippen molar-refractivity contribution in [2.75, 3.05) is 19.0 Å². The van der Waals surface area contributed by atoms with E-state index in [2.05, 4.69) is 46.2 Å². The maximum Gasteiger partial charge on any atom is 0.321 e. The van der Waals surface area contributed by atoms with E-state index < -0.39 is 0 Å². The number of aryl methyl sites for hydroxylation is 2. The smallest absolute Gasteiger partial charge is 0.321 e. The van der Waals surface area contributed by atoms with Crippen LogP contribution in [0.4, 0.5) is 5.95 Å². The molecule has 0 unspecified atom stereocenters. The van der Waals surface area contributed by atoms with Crippen LogP contribution in [0.3, 0.4) is 0 Å². The third-order valence-electron chi connectivity index (χ3n) is 2.90. The second kappa shape index (κ2) is 5.65. The molecule has 1 heterocycles. The van der Waals surface area contributed by atoms with Gasteiger partial charge in [-0.1, -0.05) is 12.1 Å². The zero-order valence-corrected chi connectivity index (χ0v) is 11.7. The van der Waals surface area contributed by atoms with Crippen molar-refractivity contribution in [3.63, 3.8) is 0 Å². The van der Waals surface area contributed by atoms with Crippen molar-refractivity contribution in [2.24, 2.45) is 0 Å². The van der Waals surface area contributed by atoms with Gasteiger partial charge in [0, 0.05) is 12.1 Å². The van der Waals surface area contributed by atoms with Crippen LogP contribution < -0.4 is 10.1 Å². The van der Waals surface area contributed by atoms with Crippen LogP contribution in [0, 0.1) is 13.8 Å². The first-order valence-corrected chi connectivity index (χ1v) is 6.25. The summed E-state index contributed by atoms with van der Waals surface area (Å²) < 4.78 is 5.12. The summed E-state index contributed by atoms with van der Waals surface area (Å²) >= 11 is 0. The number of nitrogens with zero attached hydrogens (tertiary/aromatic N) is 3. The van der Waals surface area contributed by atoms with Crippen LogP contribution in [-0.4, -0.2) is 28.6 Å². The fraction of sp³-hybridized carbons (Fsp3) is 0.357. The van der Waals surface area contributed by atoms with Crippen LogP contribution in [0.2, 0.25) is 0 Å². The van der Waals surface area contributed by atoms with E-state index in [1.54, 1.807) is 7.11 Å². The Balaban J connectivity index is 2.47. The summed E-state index contributed by atoms with van der Waals surface area (Å²) in [7, 11) is 1.55. The molecule has 0 fully saturated rings. The molecule has 1 aromatic heterocycles.